The highest BCUT2D eigenvalue weighted by molar-refractivity contribution is 6.25. The monoisotopic (exact) mass is 333 g/mol. The minimum absolute atomic E-state index is 0.106. The Morgan fingerprint density at radius 1 is 1.25 bits per heavy atom. The van der Waals surface area contributed by atoms with Crippen LogP contribution in [0.3, 0.4) is 0 Å². The summed E-state index contributed by atoms with van der Waals surface area (Å²) in [6.07, 6.45) is 0. The standard InChI is InChI=1S/C18H23NO5/c1-5-24-18(22)15(13(3)20)16(12(2)17(21)23-4)19-11-14-9-7-6-8-10-14/h6-10,12,20H,5,11H2,1-4H3. The number of hydrogen-bond acceptors (Lipinski definition) is 6. The lowest BCUT2D eigenvalue weighted by molar-refractivity contribution is -0.142. The van der Waals surface area contributed by atoms with Crippen LogP contribution in [-0.2, 0) is 25.6 Å². The summed E-state index contributed by atoms with van der Waals surface area (Å²) in [5.41, 5.74) is 0.945. The Morgan fingerprint density at radius 3 is 2.38 bits per heavy atom. The normalized spacial score (nSPS) is 13.8. The van der Waals surface area contributed by atoms with Gasteiger partial charge in [0.25, 0.3) is 0 Å². The molecule has 0 aliphatic rings. The predicted molar refractivity (Wildman–Crippen MR) is 90.7 cm³/mol. The van der Waals surface area contributed by atoms with Crippen LogP contribution in [0.4, 0.5) is 0 Å². The van der Waals surface area contributed by atoms with Crippen LogP contribution < -0.4 is 0 Å². The first kappa shape index (κ1) is 19.4. The van der Waals surface area contributed by atoms with E-state index in [9.17, 15) is 14.7 Å². The van der Waals surface area contributed by atoms with E-state index in [0.29, 0.717) is 0 Å². The molecule has 1 N–H and O–H groups in total. The van der Waals surface area contributed by atoms with Crippen molar-refractivity contribution in [2.75, 3.05) is 13.7 Å². The Kier molecular flexibility index (Phi) is 7.68. The number of hydrogen-bond donors (Lipinski definition) is 1. The molecule has 0 fully saturated rings. The van der Waals surface area contributed by atoms with Gasteiger partial charge in [-0.1, -0.05) is 30.3 Å². The zero-order valence-corrected chi connectivity index (χ0v) is 14.4. The summed E-state index contributed by atoms with van der Waals surface area (Å²) in [4.78, 5) is 28.5. The Morgan fingerprint density at radius 2 is 1.88 bits per heavy atom. The van der Waals surface area contributed by atoms with Crippen molar-refractivity contribution < 1.29 is 24.2 Å². The lowest BCUT2D eigenvalue weighted by atomic mass is 9.97. The van der Waals surface area contributed by atoms with E-state index in [1.807, 2.05) is 30.3 Å². The second kappa shape index (κ2) is 9.50. The third-order valence-corrected chi connectivity index (χ3v) is 3.34. The van der Waals surface area contributed by atoms with Crippen molar-refractivity contribution >= 4 is 17.7 Å². The second-order valence-corrected chi connectivity index (χ2v) is 5.11. The second-order valence-electron chi connectivity index (χ2n) is 5.11. The van der Waals surface area contributed by atoms with Crippen LogP contribution in [-0.4, -0.2) is 36.5 Å². The summed E-state index contributed by atoms with van der Waals surface area (Å²) < 4.78 is 9.71. The smallest absolute Gasteiger partial charge is 0.343 e. The first-order valence-electron chi connectivity index (χ1n) is 7.65. The fraction of sp³-hybridized carbons (Fsp3) is 0.389. The number of benzene rings is 1. The molecule has 1 aromatic carbocycles. The molecule has 1 aromatic rings. The molecular formula is C18H23NO5. The van der Waals surface area contributed by atoms with Gasteiger partial charge in [0.05, 0.1) is 31.9 Å². The summed E-state index contributed by atoms with van der Waals surface area (Å²) in [6.45, 7) is 4.99. The summed E-state index contributed by atoms with van der Waals surface area (Å²) >= 11 is 0. The Hall–Kier alpha value is -2.63. The number of aliphatic hydroxyl groups excluding tert-OH is 1. The van der Waals surface area contributed by atoms with Gasteiger partial charge in [0.15, 0.2) is 0 Å². The Bertz CT molecular complexity index is 630. The maximum atomic E-state index is 12.2. The number of aliphatic imine (C=N–C) groups is 1. The van der Waals surface area contributed by atoms with Crippen LogP contribution in [0.5, 0.6) is 0 Å². The quantitative estimate of drug-likeness (QED) is 0.359. The molecule has 1 rings (SSSR count). The average molecular weight is 333 g/mol. The van der Waals surface area contributed by atoms with Crippen LogP contribution in [0.15, 0.2) is 46.7 Å². The van der Waals surface area contributed by atoms with Crippen LogP contribution in [0, 0.1) is 5.92 Å². The molecule has 0 aliphatic carbocycles. The highest BCUT2D eigenvalue weighted by atomic mass is 16.5. The highest BCUT2D eigenvalue weighted by Crippen LogP contribution is 2.17. The van der Waals surface area contributed by atoms with Gasteiger partial charge in [0.2, 0.25) is 0 Å². The molecule has 130 valence electrons. The van der Waals surface area contributed by atoms with Crippen LogP contribution in [0.25, 0.3) is 0 Å². The lowest BCUT2D eigenvalue weighted by Gasteiger charge is -2.16. The molecule has 1 unspecified atom stereocenters. The minimum Gasteiger partial charge on any atom is -0.512 e. The minimum atomic E-state index is -0.819. The first-order valence-corrected chi connectivity index (χ1v) is 7.65. The maximum Gasteiger partial charge on any atom is 0.343 e. The largest absolute Gasteiger partial charge is 0.512 e. The van der Waals surface area contributed by atoms with Crippen molar-refractivity contribution in [2.24, 2.45) is 10.9 Å². The van der Waals surface area contributed by atoms with Crippen LogP contribution >= 0.6 is 0 Å². The summed E-state index contributed by atoms with van der Waals surface area (Å²) in [6, 6.07) is 9.38. The van der Waals surface area contributed by atoms with Gasteiger partial charge >= 0.3 is 11.9 Å². The van der Waals surface area contributed by atoms with E-state index in [0.717, 1.165) is 5.56 Å². The Labute approximate surface area is 141 Å². The first-order chi connectivity index (χ1) is 11.4. The summed E-state index contributed by atoms with van der Waals surface area (Å²) in [7, 11) is 1.26. The molecule has 0 bridgehead atoms. The van der Waals surface area contributed by atoms with Crippen molar-refractivity contribution in [3.63, 3.8) is 0 Å². The zero-order chi connectivity index (χ0) is 18.1. The van der Waals surface area contributed by atoms with Crippen molar-refractivity contribution in [3.05, 3.63) is 47.2 Å². The molecule has 0 spiro atoms. The van der Waals surface area contributed by atoms with Crippen LogP contribution in [0.1, 0.15) is 26.3 Å². The number of aliphatic hydroxyl groups is 1. The van der Waals surface area contributed by atoms with E-state index in [4.69, 9.17) is 9.47 Å². The molecule has 0 aliphatic heterocycles. The van der Waals surface area contributed by atoms with E-state index in [-0.39, 0.29) is 30.2 Å². The topological polar surface area (TPSA) is 85.2 Å². The molecule has 0 aromatic heterocycles. The van der Waals surface area contributed by atoms with Crippen molar-refractivity contribution in [2.45, 2.75) is 27.3 Å². The molecule has 1 atom stereocenters. The number of allylic oxidation sites excluding steroid dienone is 1. The van der Waals surface area contributed by atoms with E-state index >= 15 is 0 Å². The van der Waals surface area contributed by atoms with Gasteiger partial charge in [-0.15, -0.1) is 0 Å². The number of carbonyl (C=O) groups excluding carboxylic acids is 2. The Balaban J connectivity index is 3.28. The molecule has 0 heterocycles. The third-order valence-electron chi connectivity index (χ3n) is 3.34. The van der Waals surface area contributed by atoms with Gasteiger partial charge < -0.3 is 14.6 Å². The van der Waals surface area contributed by atoms with Crippen molar-refractivity contribution in [1.29, 1.82) is 0 Å². The zero-order valence-electron chi connectivity index (χ0n) is 14.4. The predicted octanol–water partition coefficient (Wildman–Crippen LogP) is 2.83. The number of esters is 2. The van der Waals surface area contributed by atoms with Gasteiger partial charge in [-0.2, -0.15) is 0 Å². The number of nitrogens with zero attached hydrogens (tertiary/aromatic N) is 1. The SMILES string of the molecule is CCOC(=O)C(C(=NCc1ccccc1)C(C)C(=O)OC)=C(C)O. The van der Waals surface area contributed by atoms with E-state index in [1.54, 1.807) is 13.8 Å². The number of methoxy groups -OCH3 is 1. The van der Waals surface area contributed by atoms with Crippen molar-refractivity contribution in [3.8, 4) is 0 Å². The van der Waals surface area contributed by atoms with Gasteiger partial charge in [0, 0.05) is 0 Å². The third kappa shape index (κ3) is 5.22. The molecule has 0 radical (unpaired) electrons. The van der Waals surface area contributed by atoms with E-state index in [1.165, 1.54) is 14.0 Å². The average Bonchev–Trinajstić information content (AvgIpc) is 2.57. The van der Waals surface area contributed by atoms with Gasteiger partial charge in [0.1, 0.15) is 11.3 Å². The highest BCUT2D eigenvalue weighted by Gasteiger charge is 2.29. The molecule has 6 nitrogen and oxygen atoms in total. The molecule has 24 heavy (non-hydrogen) atoms. The van der Waals surface area contributed by atoms with Gasteiger partial charge in [-0.05, 0) is 26.3 Å². The number of rotatable bonds is 7. The summed E-state index contributed by atoms with van der Waals surface area (Å²) in [5.74, 6) is -2.35. The molecular weight excluding hydrogens is 310 g/mol. The van der Waals surface area contributed by atoms with Crippen LogP contribution in [0.2, 0.25) is 0 Å². The van der Waals surface area contributed by atoms with Gasteiger partial charge in [-0.3, -0.25) is 9.79 Å². The number of ether oxygens (including phenoxy) is 2. The molecule has 6 heteroatoms. The van der Waals surface area contributed by atoms with E-state index in [2.05, 4.69) is 4.99 Å². The van der Waals surface area contributed by atoms with E-state index < -0.39 is 17.9 Å². The summed E-state index contributed by atoms with van der Waals surface area (Å²) in [5, 5.41) is 9.93. The van der Waals surface area contributed by atoms with Crippen molar-refractivity contribution in [1.82, 2.24) is 0 Å². The number of carbonyl (C=O) groups is 2. The molecule has 0 amide bonds. The fourth-order valence-electron chi connectivity index (χ4n) is 2.12. The lowest BCUT2D eigenvalue weighted by Crippen LogP contribution is -2.29. The molecule has 0 saturated carbocycles. The maximum absolute atomic E-state index is 12.2. The molecule has 0 saturated heterocycles. The van der Waals surface area contributed by atoms with Gasteiger partial charge in [-0.25, -0.2) is 4.79 Å². The fourth-order valence-corrected chi connectivity index (χ4v) is 2.12.